The van der Waals surface area contributed by atoms with Gasteiger partial charge in [0.05, 0.1) is 0 Å². The summed E-state index contributed by atoms with van der Waals surface area (Å²) in [5, 5.41) is 20.4. The fourth-order valence-corrected chi connectivity index (χ4v) is 3.59. The first-order valence-electron chi connectivity index (χ1n) is 8.92. The summed E-state index contributed by atoms with van der Waals surface area (Å²) in [5.74, 6) is 0.756. The van der Waals surface area contributed by atoms with E-state index in [1.807, 2.05) is 27.7 Å². The second kappa shape index (κ2) is 6.53. The number of phenolic OH excluding ortho intramolecular Hbond substituents is 2. The molecule has 3 aromatic rings. The topological polar surface area (TPSA) is 40.5 Å². The van der Waals surface area contributed by atoms with Crippen LogP contribution in [-0.4, -0.2) is 10.2 Å². The molecule has 0 heterocycles. The van der Waals surface area contributed by atoms with E-state index in [1.54, 1.807) is 0 Å². The highest BCUT2D eigenvalue weighted by atomic mass is 16.3. The molecule has 0 fully saturated rings. The first-order chi connectivity index (χ1) is 12.2. The van der Waals surface area contributed by atoms with E-state index < -0.39 is 0 Å². The van der Waals surface area contributed by atoms with Crippen LogP contribution in [0.4, 0.5) is 0 Å². The third-order valence-corrected chi connectivity index (χ3v) is 5.60. The molecule has 2 N–H and O–H groups in total. The van der Waals surface area contributed by atoms with Gasteiger partial charge in [-0.2, -0.15) is 0 Å². The molecule has 134 valence electrons. The lowest BCUT2D eigenvalue weighted by molar-refractivity contribution is 0.466. The maximum Gasteiger partial charge on any atom is 0.121 e. The summed E-state index contributed by atoms with van der Waals surface area (Å²) >= 11 is 0. The molecule has 26 heavy (non-hydrogen) atoms. The zero-order valence-electron chi connectivity index (χ0n) is 16.4. The quantitative estimate of drug-likeness (QED) is 0.573. The van der Waals surface area contributed by atoms with E-state index in [1.165, 1.54) is 0 Å². The van der Waals surface area contributed by atoms with Gasteiger partial charge in [0.2, 0.25) is 0 Å². The van der Waals surface area contributed by atoms with Crippen molar-refractivity contribution in [1.29, 1.82) is 0 Å². The van der Waals surface area contributed by atoms with Crippen LogP contribution in [0.1, 0.15) is 33.4 Å². The van der Waals surface area contributed by atoms with Gasteiger partial charge in [-0.25, -0.2) is 0 Å². The van der Waals surface area contributed by atoms with Gasteiger partial charge in [0.25, 0.3) is 0 Å². The standard InChI is InChI=1S/C24H26O2/c1-13-10-21(15(3)17(5)23(13)25)19-8-7-9-20(12-19)22-11-14(2)24(26)18(6)16(22)4/h7-12,25-26H,1-6H3. The largest absolute Gasteiger partial charge is 0.507 e. The van der Waals surface area contributed by atoms with E-state index in [0.29, 0.717) is 11.5 Å². The Hall–Kier alpha value is -2.74. The highest BCUT2D eigenvalue weighted by molar-refractivity contribution is 5.79. The predicted octanol–water partition coefficient (Wildman–Crippen LogP) is 6.28. The van der Waals surface area contributed by atoms with Gasteiger partial charge in [0.15, 0.2) is 0 Å². The number of benzene rings is 3. The molecule has 0 aliphatic carbocycles. The second-order valence-electron chi connectivity index (χ2n) is 7.26. The average Bonchev–Trinajstić information content (AvgIpc) is 2.64. The SMILES string of the molecule is Cc1cc(-c2cccc(-c3cc(C)c(O)c(C)c3C)c2)c(C)c(C)c1O. The Kier molecular flexibility index (Phi) is 4.53. The Morgan fingerprint density at radius 2 is 0.923 bits per heavy atom. The summed E-state index contributed by atoms with van der Waals surface area (Å²) in [7, 11) is 0. The van der Waals surface area contributed by atoms with Crippen LogP contribution in [0.15, 0.2) is 36.4 Å². The first kappa shape index (κ1) is 18.1. The van der Waals surface area contributed by atoms with E-state index in [4.69, 9.17) is 0 Å². The van der Waals surface area contributed by atoms with Crippen molar-refractivity contribution in [2.45, 2.75) is 41.5 Å². The van der Waals surface area contributed by atoms with Gasteiger partial charge in [0.1, 0.15) is 11.5 Å². The number of aryl methyl sites for hydroxylation is 2. The summed E-state index contributed by atoms with van der Waals surface area (Å²) in [6.45, 7) is 11.9. The Balaban J connectivity index is 2.21. The second-order valence-corrected chi connectivity index (χ2v) is 7.26. The smallest absolute Gasteiger partial charge is 0.121 e. The molecular formula is C24H26O2. The van der Waals surface area contributed by atoms with Gasteiger partial charge in [0, 0.05) is 0 Å². The van der Waals surface area contributed by atoms with Gasteiger partial charge in [-0.05, 0) is 115 Å². The normalized spacial score (nSPS) is 11.0. The van der Waals surface area contributed by atoms with Gasteiger partial charge in [-0.1, -0.05) is 18.2 Å². The maximum atomic E-state index is 10.2. The summed E-state index contributed by atoms with van der Waals surface area (Å²) in [6.07, 6.45) is 0. The fourth-order valence-electron chi connectivity index (χ4n) is 3.59. The summed E-state index contributed by atoms with van der Waals surface area (Å²) < 4.78 is 0. The van der Waals surface area contributed by atoms with Crippen LogP contribution in [0, 0.1) is 41.5 Å². The van der Waals surface area contributed by atoms with Crippen molar-refractivity contribution in [2.75, 3.05) is 0 Å². The monoisotopic (exact) mass is 346 g/mol. The van der Waals surface area contributed by atoms with E-state index >= 15 is 0 Å². The number of rotatable bonds is 2. The molecule has 2 nitrogen and oxygen atoms in total. The molecule has 0 spiro atoms. The van der Waals surface area contributed by atoms with Gasteiger partial charge in [-0.15, -0.1) is 0 Å². The van der Waals surface area contributed by atoms with Crippen LogP contribution < -0.4 is 0 Å². The number of phenols is 2. The van der Waals surface area contributed by atoms with E-state index in [9.17, 15) is 10.2 Å². The minimum absolute atomic E-state index is 0.378. The molecule has 0 aliphatic heterocycles. The van der Waals surface area contributed by atoms with Crippen molar-refractivity contribution in [3.8, 4) is 33.8 Å². The molecule has 0 aromatic heterocycles. The Labute approximate surface area is 155 Å². The lowest BCUT2D eigenvalue weighted by Gasteiger charge is -2.16. The molecule has 0 amide bonds. The molecule has 0 bridgehead atoms. The molecule has 0 aliphatic rings. The third-order valence-electron chi connectivity index (χ3n) is 5.60. The lowest BCUT2D eigenvalue weighted by atomic mass is 9.89. The molecule has 3 rings (SSSR count). The maximum absolute atomic E-state index is 10.2. The van der Waals surface area contributed by atoms with Gasteiger partial charge < -0.3 is 10.2 Å². The molecule has 0 unspecified atom stereocenters. The van der Waals surface area contributed by atoms with Gasteiger partial charge in [-0.3, -0.25) is 0 Å². The van der Waals surface area contributed by atoms with E-state index in [2.05, 4.69) is 50.2 Å². The Bertz CT molecular complexity index is 935. The van der Waals surface area contributed by atoms with Crippen LogP contribution in [-0.2, 0) is 0 Å². The zero-order valence-corrected chi connectivity index (χ0v) is 16.4. The van der Waals surface area contributed by atoms with Crippen molar-refractivity contribution in [3.63, 3.8) is 0 Å². The Morgan fingerprint density at radius 3 is 1.31 bits per heavy atom. The van der Waals surface area contributed by atoms with Crippen LogP contribution >= 0.6 is 0 Å². The lowest BCUT2D eigenvalue weighted by Crippen LogP contribution is -1.93. The van der Waals surface area contributed by atoms with Crippen molar-refractivity contribution >= 4 is 0 Å². The average molecular weight is 346 g/mol. The minimum atomic E-state index is 0.378. The zero-order chi connectivity index (χ0) is 19.2. The molecule has 0 radical (unpaired) electrons. The van der Waals surface area contributed by atoms with Crippen molar-refractivity contribution in [2.24, 2.45) is 0 Å². The van der Waals surface area contributed by atoms with Crippen LogP contribution in [0.3, 0.4) is 0 Å². The molecular weight excluding hydrogens is 320 g/mol. The summed E-state index contributed by atoms with van der Waals surface area (Å²) in [6, 6.07) is 12.6. The first-order valence-corrected chi connectivity index (χ1v) is 8.92. The predicted molar refractivity (Wildman–Crippen MR) is 109 cm³/mol. The third kappa shape index (κ3) is 2.86. The summed E-state index contributed by atoms with van der Waals surface area (Å²) in [4.78, 5) is 0. The van der Waals surface area contributed by atoms with Crippen molar-refractivity contribution < 1.29 is 10.2 Å². The van der Waals surface area contributed by atoms with Crippen LogP contribution in [0.5, 0.6) is 11.5 Å². The fraction of sp³-hybridized carbons (Fsp3) is 0.250. The molecule has 0 saturated heterocycles. The number of hydrogen-bond donors (Lipinski definition) is 2. The number of hydrogen-bond acceptors (Lipinski definition) is 2. The highest BCUT2D eigenvalue weighted by Gasteiger charge is 2.14. The van der Waals surface area contributed by atoms with Crippen molar-refractivity contribution in [1.82, 2.24) is 0 Å². The van der Waals surface area contributed by atoms with Crippen LogP contribution in [0.25, 0.3) is 22.3 Å². The number of aromatic hydroxyl groups is 2. The molecule has 0 saturated carbocycles. The van der Waals surface area contributed by atoms with E-state index in [0.717, 1.165) is 55.6 Å². The van der Waals surface area contributed by atoms with E-state index in [-0.39, 0.29) is 0 Å². The summed E-state index contributed by atoms with van der Waals surface area (Å²) in [5.41, 5.74) is 10.4. The van der Waals surface area contributed by atoms with Gasteiger partial charge >= 0.3 is 0 Å². The van der Waals surface area contributed by atoms with Crippen molar-refractivity contribution in [3.05, 3.63) is 69.8 Å². The molecule has 0 atom stereocenters. The molecule has 3 aromatic carbocycles. The molecule has 2 heteroatoms. The van der Waals surface area contributed by atoms with Crippen LogP contribution in [0.2, 0.25) is 0 Å². The Morgan fingerprint density at radius 1 is 0.538 bits per heavy atom. The minimum Gasteiger partial charge on any atom is -0.507 e. The highest BCUT2D eigenvalue weighted by Crippen LogP contribution is 2.37.